The standard InChI is InChI=1S/C68H78N2O8/c1-65(2,3)49-33-41-29-45-37-51(67(7,8)9)39-47(59(45)77-27-19-17-25-69-61(73)53-21-13-14-22-54(53)62(69)74)31-43-35-50(66(4,5)6)36-44(58(43)72)32-48-40-52(68(10,11)12)38-46(30-42(34-49)57(41)71)60(48)78-28-20-18-26-70-63(75)55-23-15-16-24-56(55)64(70)76/h13-16,21-24,33-40,71-72H,17-20,25-32H2,1-12H3. The van der Waals surface area contributed by atoms with Crippen molar-refractivity contribution in [2.75, 3.05) is 26.3 Å². The minimum absolute atomic E-state index is 0.206. The predicted molar refractivity (Wildman–Crippen MR) is 308 cm³/mol. The van der Waals surface area contributed by atoms with E-state index in [1.165, 1.54) is 9.80 Å². The number of hydrogen-bond acceptors (Lipinski definition) is 8. The number of aromatic hydroxyl groups is 2. The van der Waals surface area contributed by atoms with Crippen molar-refractivity contribution in [2.24, 2.45) is 0 Å². The molecule has 0 radical (unpaired) electrons. The number of amides is 4. The van der Waals surface area contributed by atoms with Crippen molar-refractivity contribution in [2.45, 2.75) is 156 Å². The Labute approximate surface area is 461 Å². The van der Waals surface area contributed by atoms with E-state index in [1.807, 2.05) is 0 Å². The van der Waals surface area contributed by atoms with E-state index in [-0.39, 0.29) is 69.9 Å². The van der Waals surface area contributed by atoms with Gasteiger partial charge in [-0.25, -0.2) is 0 Å². The Morgan fingerprint density at radius 3 is 0.833 bits per heavy atom. The third-order valence-electron chi connectivity index (χ3n) is 15.8. The highest BCUT2D eigenvalue weighted by Crippen LogP contribution is 2.44. The van der Waals surface area contributed by atoms with E-state index in [2.05, 4.69) is 132 Å². The third kappa shape index (κ3) is 11.4. The van der Waals surface area contributed by atoms with Crippen molar-refractivity contribution in [3.05, 3.63) is 186 Å². The molecule has 6 aromatic rings. The second-order valence-corrected chi connectivity index (χ2v) is 26.0. The highest BCUT2D eigenvalue weighted by molar-refractivity contribution is 6.22. The van der Waals surface area contributed by atoms with Crippen LogP contribution in [-0.4, -0.2) is 69.9 Å². The van der Waals surface area contributed by atoms with Gasteiger partial charge in [-0.2, -0.15) is 0 Å². The monoisotopic (exact) mass is 1050 g/mol. The summed E-state index contributed by atoms with van der Waals surface area (Å²) in [5, 5.41) is 25.6. The summed E-state index contributed by atoms with van der Waals surface area (Å²) < 4.78 is 14.0. The van der Waals surface area contributed by atoms with Gasteiger partial charge in [0, 0.05) is 38.8 Å². The maximum Gasteiger partial charge on any atom is 0.261 e. The van der Waals surface area contributed by atoms with E-state index in [0.29, 0.717) is 98.3 Å². The van der Waals surface area contributed by atoms with Crippen molar-refractivity contribution in [3.8, 4) is 23.0 Å². The Morgan fingerprint density at radius 1 is 0.372 bits per heavy atom. The van der Waals surface area contributed by atoms with Crippen LogP contribution in [0.15, 0.2) is 97.1 Å². The fourth-order valence-electron chi connectivity index (χ4n) is 11.0. The SMILES string of the molecule is CC(C)(C)c1cc2c(O)c(c1)Cc1cc(C(C)(C)C)cc(c1OCCCCN1C(=O)c3ccccc3C1=O)Cc1cc(C(C)(C)C)cc(c1O)Cc1cc(C(C)(C)C)cc(c1OCCCCN1C(=O)c3ccccc3C1=O)C2. The number of imide groups is 2. The number of fused-ring (bicyclic) bond motifs is 10. The zero-order chi connectivity index (χ0) is 56.2. The number of ether oxygens (including phenoxy) is 2. The van der Waals surface area contributed by atoms with E-state index >= 15 is 0 Å². The van der Waals surface area contributed by atoms with Crippen LogP contribution in [0.2, 0.25) is 0 Å². The largest absolute Gasteiger partial charge is 0.507 e. The number of carbonyl (C=O) groups excluding carboxylic acids is 4. The van der Waals surface area contributed by atoms with Crippen molar-refractivity contribution in [1.82, 2.24) is 9.80 Å². The maximum atomic E-state index is 13.3. The van der Waals surface area contributed by atoms with Crippen LogP contribution in [-0.2, 0) is 47.3 Å². The Bertz CT molecular complexity index is 2970. The number of rotatable bonds is 12. The van der Waals surface area contributed by atoms with Crippen LogP contribution in [0.4, 0.5) is 0 Å². The molecule has 0 atom stereocenters. The van der Waals surface area contributed by atoms with Gasteiger partial charge in [0.15, 0.2) is 0 Å². The average Bonchev–Trinajstić information content (AvgIpc) is 3.88. The Hall–Kier alpha value is -7.20. The number of benzene rings is 6. The molecule has 8 bridgehead atoms. The summed E-state index contributed by atoms with van der Waals surface area (Å²) in [6.07, 6.45) is 3.65. The molecule has 0 saturated heterocycles. The zero-order valence-electron chi connectivity index (χ0n) is 48.0. The second kappa shape index (κ2) is 21.2. The summed E-state index contributed by atoms with van der Waals surface area (Å²) in [4.78, 5) is 55.7. The van der Waals surface area contributed by atoms with Crippen LogP contribution in [0.5, 0.6) is 23.0 Å². The van der Waals surface area contributed by atoms with Crippen LogP contribution < -0.4 is 9.47 Å². The van der Waals surface area contributed by atoms with Gasteiger partial charge < -0.3 is 19.7 Å². The first-order chi connectivity index (χ1) is 36.7. The van der Waals surface area contributed by atoms with Gasteiger partial charge in [-0.1, -0.05) is 156 Å². The third-order valence-corrected chi connectivity index (χ3v) is 15.8. The molecule has 9 rings (SSSR count). The van der Waals surface area contributed by atoms with Gasteiger partial charge in [-0.05, 0) is 138 Å². The maximum absolute atomic E-state index is 13.3. The molecule has 0 unspecified atom stereocenters. The molecule has 0 saturated carbocycles. The minimum atomic E-state index is -0.280. The number of nitrogens with zero attached hydrogens (tertiary/aromatic N) is 2. The molecule has 0 fully saturated rings. The first-order valence-corrected chi connectivity index (χ1v) is 27.9. The average molecular weight is 1050 g/mol. The van der Waals surface area contributed by atoms with Gasteiger partial charge in [0.25, 0.3) is 23.6 Å². The Balaban J connectivity index is 1.14. The highest BCUT2D eigenvalue weighted by atomic mass is 16.5. The molecule has 408 valence electrons. The summed E-state index contributed by atoms with van der Waals surface area (Å²) in [5.74, 6) is 0.713. The normalized spacial score (nSPS) is 14.8. The molecule has 1 aliphatic carbocycles. The lowest BCUT2D eigenvalue weighted by molar-refractivity contribution is 0.0634. The molecule has 2 N–H and O–H groups in total. The van der Waals surface area contributed by atoms with E-state index in [4.69, 9.17) is 9.47 Å². The van der Waals surface area contributed by atoms with E-state index in [0.717, 1.165) is 66.8 Å². The van der Waals surface area contributed by atoms with Crippen molar-refractivity contribution < 1.29 is 38.9 Å². The molecule has 6 aromatic carbocycles. The molecule has 78 heavy (non-hydrogen) atoms. The van der Waals surface area contributed by atoms with Gasteiger partial charge in [0.05, 0.1) is 35.5 Å². The topological polar surface area (TPSA) is 134 Å². The quantitative estimate of drug-likeness (QED) is 0.0913. The molecule has 4 amide bonds. The minimum Gasteiger partial charge on any atom is -0.507 e. The molecule has 10 heteroatoms. The molecule has 10 nitrogen and oxygen atoms in total. The van der Waals surface area contributed by atoms with Crippen molar-refractivity contribution in [1.29, 1.82) is 0 Å². The summed E-state index contributed by atoms with van der Waals surface area (Å²) in [7, 11) is 0. The fraction of sp³-hybridized carbons (Fsp3) is 0.412. The molecule has 0 spiro atoms. The van der Waals surface area contributed by atoms with Gasteiger partial charge in [-0.3, -0.25) is 29.0 Å². The van der Waals surface area contributed by atoms with Crippen LogP contribution in [0.3, 0.4) is 0 Å². The lowest BCUT2D eigenvalue weighted by Crippen LogP contribution is -2.30. The van der Waals surface area contributed by atoms with Gasteiger partial charge in [-0.15, -0.1) is 0 Å². The van der Waals surface area contributed by atoms with Crippen LogP contribution in [0.25, 0.3) is 0 Å². The molecule has 2 aliphatic heterocycles. The number of carbonyl (C=O) groups is 4. The van der Waals surface area contributed by atoms with Gasteiger partial charge in [0.2, 0.25) is 0 Å². The van der Waals surface area contributed by atoms with Crippen LogP contribution >= 0.6 is 0 Å². The van der Waals surface area contributed by atoms with Crippen LogP contribution in [0, 0.1) is 0 Å². The molecular weight excluding hydrogens is 973 g/mol. The van der Waals surface area contributed by atoms with Gasteiger partial charge >= 0.3 is 0 Å². The number of phenols is 2. The lowest BCUT2D eigenvalue weighted by Gasteiger charge is -2.28. The predicted octanol–water partition coefficient (Wildman–Crippen LogP) is 13.9. The van der Waals surface area contributed by atoms with Crippen LogP contribution in [0.1, 0.15) is 217 Å². The number of unbranched alkanes of at least 4 members (excludes halogenated alkanes) is 2. The molecular formula is C68H78N2O8. The number of hydrogen-bond donors (Lipinski definition) is 2. The lowest BCUT2D eigenvalue weighted by atomic mass is 9.79. The molecule has 2 heterocycles. The highest BCUT2D eigenvalue weighted by Gasteiger charge is 2.36. The smallest absolute Gasteiger partial charge is 0.261 e. The van der Waals surface area contributed by atoms with E-state index < -0.39 is 0 Å². The Morgan fingerprint density at radius 2 is 0.603 bits per heavy atom. The first kappa shape index (κ1) is 55.6. The van der Waals surface area contributed by atoms with Gasteiger partial charge in [0.1, 0.15) is 23.0 Å². The molecule has 3 aliphatic rings. The second-order valence-electron chi connectivity index (χ2n) is 26.0. The molecule has 0 aromatic heterocycles. The summed E-state index contributed by atoms with van der Waals surface area (Å²) >= 11 is 0. The number of phenolic OH excluding ortho intramolecular Hbond substituents is 2. The summed E-state index contributed by atoms with van der Waals surface area (Å²) in [6.45, 7) is 27.5. The van der Waals surface area contributed by atoms with Crippen molar-refractivity contribution >= 4 is 23.6 Å². The van der Waals surface area contributed by atoms with E-state index in [1.54, 1.807) is 48.5 Å². The summed E-state index contributed by atoms with van der Waals surface area (Å²) in [5.41, 5.74) is 11.7. The zero-order valence-corrected chi connectivity index (χ0v) is 48.0. The van der Waals surface area contributed by atoms with Crippen molar-refractivity contribution in [3.63, 3.8) is 0 Å². The Kier molecular flexibility index (Phi) is 15.1. The van der Waals surface area contributed by atoms with E-state index in [9.17, 15) is 29.4 Å². The summed E-state index contributed by atoms with van der Waals surface area (Å²) in [6, 6.07) is 31.3. The first-order valence-electron chi connectivity index (χ1n) is 27.9. The fourth-order valence-corrected chi connectivity index (χ4v) is 11.0.